The first-order valence-electron chi connectivity index (χ1n) is 4.04. The van der Waals surface area contributed by atoms with Crippen LogP contribution in [0.25, 0.3) is 0 Å². The fourth-order valence-corrected chi connectivity index (χ4v) is 1.57. The van der Waals surface area contributed by atoms with Gasteiger partial charge in [0.15, 0.2) is 0 Å². The topological polar surface area (TPSA) is 35.5 Å². The number of carbonyl (C=O) groups excluding carboxylic acids is 1. The molecule has 0 aromatic heterocycles. The summed E-state index contributed by atoms with van der Waals surface area (Å²) < 4.78 is 9.84. The van der Waals surface area contributed by atoms with Gasteiger partial charge in [-0.1, -0.05) is 5.92 Å². The molecule has 1 heterocycles. The zero-order valence-electron chi connectivity index (χ0n) is 7.43. The standard InChI is InChI=1S/C9H11ClO3/c1-12-8(11)9(2-5-10)3-6-13-7-4-9/h3-4,6-7H2,1H3. The molecule has 0 aromatic rings. The molecule has 0 amide bonds. The van der Waals surface area contributed by atoms with Crippen molar-refractivity contribution in [2.24, 2.45) is 5.41 Å². The van der Waals surface area contributed by atoms with Gasteiger partial charge in [-0.05, 0) is 24.4 Å². The number of ether oxygens (including phenoxy) is 2. The van der Waals surface area contributed by atoms with E-state index in [4.69, 9.17) is 16.3 Å². The highest BCUT2D eigenvalue weighted by molar-refractivity contribution is 6.30. The van der Waals surface area contributed by atoms with Gasteiger partial charge >= 0.3 is 5.97 Å². The predicted octanol–water partition coefficient (Wildman–Crippen LogP) is 1.16. The van der Waals surface area contributed by atoms with Gasteiger partial charge in [0.25, 0.3) is 0 Å². The van der Waals surface area contributed by atoms with Gasteiger partial charge in [0.1, 0.15) is 5.41 Å². The van der Waals surface area contributed by atoms with E-state index in [1.54, 1.807) is 0 Å². The average molecular weight is 203 g/mol. The van der Waals surface area contributed by atoms with Crippen LogP contribution in [0.4, 0.5) is 0 Å². The summed E-state index contributed by atoms with van der Waals surface area (Å²) in [6, 6.07) is 0. The molecule has 13 heavy (non-hydrogen) atoms. The number of esters is 1. The lowest BCUT2D eigenvalue weighted by Crippen LogP contribution is -2.36. The van der Waals surface area contributed by atoms with E-state index in [2.05, 4.69) is 16.0 Å². The predicted molar refractivity (Wildman–Crippen MR) is 48.1 cm³/mol. The Bertz CT molecular complexity index is 245. The third-order valence-corrected chi connectivity index (χ3v) is 2.30. The molecular formula is C9H11ClO3. The van der Waals surface area contributed by atoms with Gasteiger partial charge < -0.3 is 9.47 Å². The van der Waals surface area contributed by atoms with Crippen LogP contribution in [0.5, 0.6) is 0 Å². The lowest BCUT2D eigenvalue weighted by molar-refractivity contribution is -0.153. The number of carbonyl (C=O) groups is 1. The molecule has 1 aliphatic heterocycles. The van der Waals surface area contributed by atoms with E-state index >= 15 is 0 Å². The maximum Gasteiger partial charge on any atom is 0.324 e. The third kappa shape index (κ3) is 2.15. The van der Waals surface area contributed by atoms with Crippen molar-refractivity contribution < 1.29 is 14.3 Å². The molecule has 0 saturated carbocycles. The lowest BCUT2D eigenvalue weighted by atomic mass is 9.81. The average Bonchev–Trinajstić information content (AvgIpc) is 2.18. The molecule has 0 aliphatic carbocycles. The van der Waals surface area contributed by atoms with Crippen molar-refractivity contribution in [1.29, 1.82) is 0 Å². The minimum absolute atomic E-state index is 0.316. The lowest BCUT2D eigenvalue weighted by Gasteiger charge is -2.29. The highest BCUT2D eigenvalue weighted by atomic mass is 35.5. The summed E-state index contributed by atoms with van der Waals surface area (Å²) >= 11 is 5.32. The van der Waals surface area contributed by atoms with Gasteiger partial charge in [0.2, 0.25) is 0 Å². The van der Waals surface area contributed by atoms with E-state index in [1.165, 1.54) is 7.11 Å². The van der Waals surface area contributed by atoms with Crippen LogP contribution in [-0.2, 0) is 14.3 Å². The molecular weight excluding hydrogens is 192 g/mol. The van der Waals surface area contributed by atoms with Crippen molar-refractivity contribution in [1.82, 2.24) is 0 Å². The molecule has 3 nitrogen and oxygen atoms in total. The molecule has 1 aliphatic rings. The van der Waals surface area contributed by atoms with Crippen molar-refractivity contribution in [3.8, 4) is 11.3 Å². The molecule has 4 heteroatoms. The second-order valence-electron chi connectivity index (χ2n) is 2.91. The Morgan fingerprint density at radius 3 is 2.62 bits per heavy atom. The Morgan fingerprint density at radius 2 is 2.15 bits per heavy atom. The fraction of sp³-hybridized carbons (Fsp3) is 0.667. The van der Waals surface area contributed by atoms with Crippen molar-refractivity contribution in [2.75, 3.05) is 20.3 Å². The van der Waals surface area contributed by atoms with Crippen molar-refractivity contribution in [3.63, 3.8) is 0 Å². The number of hydrogen-bond acceptors (Lipinski definition) is 3. The Balaban J connectivity index is 2.83. The normalized spacial score (nSPS) is 19.8. The smallest absolute Gasteiger partial charge is 0.324 e. The summed E-state index contributed by atoms with van der Waals surface area (Å²) in [6.07, 6.45) is 1.11. The first kappa shape index (κ1) is 10.4. The molecule has 1 rings (SSSR count). The van der Waals surface area contributed by atoms with Crippen LogP contribution in [0, 0.1) is 16.7 Å². The minimum atomic E-state index is -0.741. The van der Waals surface area contributed by atoms with Crippen molar-refractivity contribution in [3.05, 3.63) is 0 Å². The zero-order valence-corrected chi connectivity index (χ0v) is 8.19. The third-order valence-electron chi connectivity index (χ3n) is 2.21. The van der Waals surface area contributed by atoms with E-state index in [0.29, 0.717) is 26.1 Å². The molecule has 0 radical (unpaired) electrons. The van der Waals surface area contributed by atoms with Gasteiger partial charge in [-0.15, -0.1) is 0 Å². The molecule has 0 spiro atoms. The van der Waals surface area contributed by atoms with E-state index in [1.807, 2.05) is 0 Å². The Hall–Kier alpha value is -0.720. The largest absolute Gasteiger partial charge is 0.468 e. The van der Waals surface area contributed by atoms with Crippen molar-refractivity contribution >= 4 is 17.6 Å². The number of methoxy groups -OCH3 is 1. The monoisotopic (exact) mass is 202 g/mol. The summed E-state index contributed by atoms with van der Waals surface area (Å²) in [7, 11) is 1.36. The molecule has 0 unspecified atom stereocenters. The first-order valence-corrected chi connectivity index (χ1v) is 4.42. The molecule has 0 bridgehead atoms. The summed E-state index contributed by atoms with van der Waals surface area (Å²) in [5.74, 6) is 2.39. The maximum absolute atomic E-state index is 11.4. The van der Waals surface area contributed by atoms with Gasteiger partial charge in [-0.2, -0.15) is 0 Å². The molecule has 1 saturated heterocycles. The number of halogens is 1. The van der Waals surface area contributed by atoms with Gasteiger partial charge in [0.05, 0.1) is 7.11 Å². The Kier molecular flexibility index (Phi) is 3.58. The molecule has 1 fully saturated rings. The van der Waals surface area contributed by atoms with Crippen molar-refractivity contribution in [2.45, 2.75) is 12.8 Å². The Labute approximate surface area is 82.3 Å². The van der Waals surface area contributed by atoms with Crippen LogP contribution >= 0.6 is 11.6 Å². The molecule has 0 aromatic carbocycles. The fourth-order valence-electron chi connectivity index (χ4n) is 1.39. The van der Waals surface area contributed by atoms with Gasteiger partial charge in [-0.25, -0.2) is 0 Å². The van der Waals surface area contributed by atoms with E-state index in [-0.39, 0.29) is 5.97 Å². The zero-order chi connectivity index (χ0) is 9.73. The molecule has 72 valence electrons. The number of rotatable bonds is 1. The quantitative estimate of drug-likeness (QED) is 0.473. The first-order chi connectivity index (χ1) is 6.25. The van der Waals surface area contributed by atoms with Crippen LogP contribution < -0.4 is 0 Å². The van der Waals surface area contributed by atoms with Crippen LogP contribution in [0.1, 0.15) is 12.8 Å². The van der Waals surface area contributed by atoms with Gasteiger partial charge in [0, 0.05) is 18.6 Å². The minimum Gasteiger partial charge on any atom is -0.468 e. The highest BCUT2D eigenvalue weighted by Gasteiger charge is 2.39. The highest BCUT2D eigenvalue weighted by Crippen LogP contribution is 2.31. The van der Waals surface area contributed by atoms with E-state index < -0.39 is 5.41 Å². The van der Waals surface area contributed by atoms with E-state index in [9.17, 15) is 4.79 Å². The molecule has 0 atom stereocenters. The second kappa shape index (κ2) is 4.50. The van der Waals surface area contributed by atoms with Crippen LogP contribution in [-0.4, -0.2) is 26.3 Å². The van der Waals surface area contributed by atoms with Crippen LogP contribution in [0.15, 0.2) is 0 Å². The van der Waals surface area contributed by atoms with Gasteiger partial charge in [-0.3, -0.25) is 4.79 Å². The summed E-state index contributed by atoms with van der Waals surface area (Å²) in [5.41, 5.74) is -0.741. The summed E-state index contributed by atoms with van der Waals surface area (Å²) in [4.78, 5) is 11.4. The van der Waals surface area contributed by atoms with Crippen LogP contribution in [0.2, 0.25) is 0 Å². The SMILES string of the molecule is COC(=O)C1(C#CCl)CCOCC1. The summed E-state index contributed by atoms with van der Waals surface area (Å²) in [5, 5.41) is 2.26. The summed E-state index contributed by atoms with van der Waals surface area (Å²) in [6.45, 7) is 1.06. The van der Waals surface area contributed by atoms with Crippen LogP contribution in [0.3, 0.4) is 0 Å². The second-order valence-corrected chi connectivity index (χ2v) is 3.09. The molecule has 0 N–H and O–H groups in total. The maximum atomic E-state index is 11.4. The van der Waals surface area contributed by atoms with E-state index in [0.717, 1.165) is 0 Å². The number of hydrogen-bond donors (Lipinski definition) is 0. The Morgan fingerprint density at radius 1 is 1.54 bits per heavy atom.